The topological polar surface area (TPSA) is 91.5 Å². The van der Waals surface area contributed by atoms with Gasteiger partial charge in [-0.15, -0.1) is 11.3 Å². The molecule has 7 heteroatoms. The first-order valence-electron chi connectivity index (χ1n) is 13.8. The van der Waals surface area contributed by atoms with Gasteiger partial charge in [0.2, 0.25) is 0 Å². The lowest BCUT2D eigenvalue weighted by Crippen LogP contribution is -2.13. The second-order valence-electron chi connectivity index (χ2n) is 9.96. The Kier molecular flexibility index (Phi) is 12.8. The number of aldehydes is 1. The number of carbonyl (C=O) groups excluding carboxylic acids is 2. The van der Waals surface area contributed by atoms with Crippen molar-refractivity contribution in [3.63, 3.8) is 0 Å². The highest BCUT2D eigenvalue weighted by Crippen LogP contribution is 2.24. The van der Waals surface area contributed by atoms with Crippen molar-refractivity contribution in [2.24, 2.45) is 11.7 Å². The van der Waals surface area contributed by atoms with Crippen molar-refractivity contribution in [1.82, 2.24) is 4.98 Å². The molecule has 1 unspecified atom stereocenters. The molecule has 1 heterocycles. The minimum absolute atomic E-state index is 0.189. The van der Waals surface area contributed by atoms with Crippen LogP contribution in [0.15, 0.2) is 77.2 Å². The Morgan fingerprint density at radius 3 is 2.40 bits per heavy atom. The quantitative estimate of drug-likeness (QED) is 0.115. The predicted molar refractivity (Wildman–Crippen MR) is 162 cm³/mol. The van der Waals surface area contributed by atoms with E-state index in [4.69, 9.17) is 15.2 Å². The summed E-state index contributed by atoms with van der Waals surface area (Å²) in [5.74, 6) is 0.946. The molecule has 0 amide bonds. The number of carbonyl (C=O) groups is 2. The summed E-state index contributed by atoms with van der Waals surface area (Å²) in [4.78, 5) is 26.4. The molecule has 0 bridgehead atoms. The number of thiazole rings is 1. The third-order valence-corrected chi connectivity index (χ3v) is 7.49. The van der Waals surface area contributed by atoms with Crippen LogP contribution in [0.1, 0.15) is 74.3 Å². The number of aromatic nitrogens is 1. The molecule has 1 aliphatic carbocycles. The Hall–Kier alpha value is -3.55. The average Bonchev–Trinajstić information content (AvgIpc) is 3.66. The van der Waals surface area contributed by atoms with Crippen LogP contribution in [0.2, 0.25) is 0 Å². The van der Waals surface area contributed by atoms with Crippen LogP contribution in [0, 0.1) is 5.92 Å². The zero-order valence-corrected chi connectivity index (χ0v) is 24.5. The number of nitrogens with zero attached hydrogens (tertiary/aromatic N) is 1. The summed E-state index contributed by atoms with van der Waals surface area (Å²) in [6.45, 7) is 6.38. The van der Waals surface area contributed by atoms with E-state index in [0.29, 0.717) is 31.1 Å². The monoisotopic (exact) mass is 560 g/mol. The predicted octanol–water partition coefficient (Wildman–Crippen LogP) is 7.25. The van der Waals surface area contributed by atoms with E-state index in [2.05, 4.69) is 4.98 Å². The van der Waals surface area contributed by atoms with Gasteiger partial charge in [0.15, 0.2) is 0 Å². The number of hydrogen-bond acceptors (Lipinski definition) is 7. The van der Waals surface area contributed by atoms with E-state index in [0.717, 1.165) is 52.3 Å². The molecular formula is C33H40N2O4S. The minimum Gasteiger partial charge on any atom is -0.489 e. The molecule has 1 aromatic heterocycles. The van der Waals surface area contributed by atoms with Crippen LogP contribution in [0.3, 0.4) is 0 Å². The summed E-state index contributed by atoms with van der Waals surface area (Å²) in [7, 11) is 0. The Balaban J connectivity index is 0.000000547. The third kappa shape index (κ3) is 10.5. The van der Waals surface area contributed by atoms with Crippen molar-refractivity contribution in [3.8, 4) is 5.75 Å². The molecule has 0 spiro atoms. The molecule has 1 saturated carbocycles. The fourth-order valence-electron chi connectivity index (χ4n) is 4.35. The maximum absolute atomic E-state index is 11.8. The van der Waals surface area contributed by atoms with Crippen LogP contribution in [-0.4, -0.2) is 23.8 Å². The molecule has 6 nitrogen and oxygen atoms in total. The van der Waals surface area contributed by atoms with Crippen molar-refractivity contribution in [2.75, 3.05) is 6.61 Å². The second-order valence-corrected chi connectivity index (χ2v) is 10.8. The van der Waals surface area contributed by atoms with Crippen molar-refractivity contribution >= 4 is 29.7 Å². The average molecular weight is 561 g/mol. The fraction of sp³-hybridized carbons (Fsp3) is 0.364. The molecule has 1 fully saturated rings. The molecule has 40 heavy (non-hydrogen) atoms. The SMILES string of the molecule is CCOC(=O)/C(C)=C\C(C)=C\c1csc(C(N)Cc2ccc(OCc3ccccc3)cc2)n1.O=CC1CCCC1. The molecule has 2 aromatic carbocycles. The third-order valence-electron chi connectivity index (χ3n) is 6.49. The van der Waals surface area contributed by atoms with Gasteiger partial charge in [-0.1, -0.05) is 55.3 Å². The van der Waals surface area contributed by atoms with Gasteiger partial charge in [-0.2, -0.15) is 0 Å². The number of esters is 1. The lowest BCUT2D eigenvalue weighted by Gasteiger charge is -2.10. The molecule has 0 radical (unpaired) electrons. The van der Waals surface area contributed by atoms with E-state index in [9.17, 15) is 9.59 Å². The standard InChI is InChI=1S/C27H30N2O3S.C6H10O/c1-4-31-27(30)20(3)14-19(2)15-23-18-33-26(29-23)25(28)16-21-10-12-24(13-11-21)32-17-22-8-6-5-7-9-22;7-5-6-3-1-2-4-6/h5-15,18,25H,4,16-17,28H2,1-3H3;5-6H,1-4H2/b19-15+,20-14-;. The molecular weight excluding hydrogens is 520 g/mol. The van der Waals surface area contributed by atoms with Gasteiger partial charge in [0.05, 0.1) is 18.3 Å². The van der Waals surface area contributed by atoms with Crippen LogP contribution >= 0.6 is 11.3 Å². The van der Waals surface area contributed by atoms with Gasteiger partial charge < -0.3 is 20.0 Å². The van der Waals surface area contributed by atoms with Gasteiger partial charge in [0.1, 0.15) is 23.7 Å². The highest BCUT2D eigenvalue weighted by atomic mass is 32.1. The number of nitrogens with two attached hydrogens (primary N) is 1. The smallest absolute Gasteiger partial charge is 0.333 e. The van der Waals surface area contributed by atoms with E-state index in [-0.39, 0.29) is 12.0 Å². The highest BCUT2D eigenvalue weighted by molar-refractivity contribution is 7.09. The van der Waals surface area contributed by atoms with Gasteiger partial charge in [-0.3, -0.25) is 0 Å². The van der Waals surface area contributed by atoms with Gasteiger partial charge in [-0.05, 0) is 81.0 Å². The minimum atomic E-state index is -0.303. The number of benzene rings is 2. The van der Waals surface area contributed by atoms with Crippen LogP contribution in [0.25, 0.3) is 6.08 Å². The van der Waals surface area contributed by atoms with Crippen LogP contribution < -0.4 is 10.5 Å². The van der Waals surface area contributed by atoms with Crippen molar-refractivity contribution in [1.29, 1.82) is 0 Å². The normalized spacial score (nSPS) is 14.7. The summed E-state index contributed by atoms with van der Waals surface area (Å²) in [5, 5.41) is 2.86. The van der Waals surface area contributed by atoms with Crippen LogP contribution in [-0.2, 0) is 27.4 Å². The van der Waals surface area contributed by atoms with E-state index in [1.54, 1.807) is 31.3 Å². The maximum Gasteiger partial charge on any atom is 0.333 e. The molecule has 0 saturated heterocycles. The largest absolute Gasteiger partial charge is 0.489 e. The summed E-state index contributed by atoms with van der Waals surface area (Å²) < 4.78 is 10.9. The van der Waals surface area contributed by atoms with Gasteiger partial charge in [0.25, 0.3) is 0 Å². The molecule has 1 atom stereocenters. The first-order chi connectivity index (χ1) is 19.4. The number of allylic oxidation sites excluding steroid dienone is 2. The summed E-state index contributed by atoms with van der Waals surface area (Å²) in [5.41, 5.74) is 11.0. The zero-order valence-electron chi connectivity index (χ0n) is 23.7. The van der Waals surface area contributed by atoms with E-state index in [1.165, 1.54) is 12.8 Å². The summed E-state index contributed by atoms with van der Waals surface area (Å²) >= 11 is 1.54. The molecule has 212 valence electrons. The Morgan fingerprint density at radius 2 is 1.77 bits per heavy atom. The van der Waals surface area contributed by atoms with Gasteiger partial charge in [0, 0.05) is 16.9 Å². The second kappa shape index (κ2) is 16.5. The molecule has 4 rings (SSSR count). The Labute approximate surface area is 241 Å². The summed E-state index contributed by atoms with van der Waals surface area (Å²) in [6.07, 6.45) is 10.3. The van der Waals surface area contributed by atoms with E-state index >= 15 is 0 Å². The Bertz CT molecular complexity index is 1260. The molecule has 2 N–H and O–H groups in total. The van der Waals surface area contributed by atoms with E-state index < -0.39 is 0 Å². The van der Waals surface area contributed by atoms with Crippen molar-refractivity contribution in [3.05, 3.63) is 99.0 Å². The number of rotatable bonds is 11. The van der Waals surface area contributed by atoms with Gasteiger partial charge in [-0.25, -0.2) is 9.78 Å². The van der Waals surface area contributed by atoms with Crippen LogP contribution in [0.4, 0.5) is 0 Å². The first kappa shape index (κ1) is 31.0. The van der Waals surface area contributed by atoms with Crippen molar-refractivity contribution in [2.45, 2.75) is 65.5 Å². The Morgan fingerprint density at radius 1 is 1.07 bits per heavy atom. The number of ether oxygens (including phenoxy) is 2. The lowest BCUT2D eigenvalue weighted by atomic mass is 10.1. The highest BCUT2D eigenvalue weighted by Gasteiger charge is 2.13. The summed E-state index contributed by atoms with van der Waals surface area (Å²) in [6, 6.07) is 17.9. The maximum atomic E-state index is 11.8. The van der Waals surface area contributed by atoms with Crippen LogP contribution in [0.5, 0.6) is 5.75 Å². The van der Waals surface area contributed by atoms with Crippen molar-refractivity contribution < 1.29 is 19.1 Å². The molecule has 1 aliphatic rings. The fourth-order valence-corrected chi connectivity index (χ4v) is 5.13. The first-order valence-corrected chi connectivity index (χ1v) is 14.7. The van der Waals surface area contributed by atoms with Gasteiger partial charge >= 0.3 is 5.97 Å². The van der Waals surface area contributed by atoms with E-state index in [1.807, 2.05) is 73.0 Å². The lowest BCUT2D eigenvalue weighted by molar-refractivity contribution is -0.138. The molecule has 0 aliphatic heterocycles. The zero-order chi connectivity index (χ0) is 28.7. The number of hydrogen-bond donors (Lipinski definition) is 1. The molecule has 3 aromatic rings.